The third kappa shape index (κ3) is 7.58. The lowest BCUT2D eigenvalue weighted by Crippen LogP contribution is -2.46. The van der Waals surface area contributed by atoms with Crippen molar-refractivity contribution < 1.29 is 19.1 Å². The second kappa shape index (κ2) is 12.3. The van der Waals surface area contributed by atoms with E-state index in [0.29, 0.717) is 23.5 Å². The largest absolute Gasteiger partial charge is 0.494 e. The van der Waals surface area contributed by atoms with Crippen LogP contribution in [0.15, 0.2) is 48.5 Å². The maximum atomic E-state index is 12.1. The van der Waals surface area contributed by atoms with Crippen molar-refractivity contribution in [1.82, 2.24) is 16.2 Å². The third-order valence-corrected chi connectivity index (χ3v) is 4.50. The Hall–Kier alpha value is -3.35. The summed E-state index contributed by atoms with van der Waals surface area (Å²) in [6.07, 6.45) is 4.52. The van der Waals surface area contributed by atoms with Gasteiger partial charge >= 0.3 is 0 Å². The number of nitrogens with one attached hydrogen (secondary N) is 3. The Balaban J connectivity index is 1.71. The molecule has 0 unspecified atom stereocenters. The van der Waals surface area contributed by atoms with Gasteiger partial charge in [-0.05, 0) is 49.2 Å². The van der Waals surface area contributed by atoms with E-state index in [2.05, 4.69) is 23.1 Å². The highest BCUT2D eigenvalue weighted by molar-refractivity contribution is 5.98. The Morgan fingerprint density at radius 2 is 1.60 bits per heavy atom. The molecule has 0 saturated heterocycles. The monoisotopic (exact) mass is 411 g/mol. The molecular weight excluding hydrogens is 382 g/mol. The van der Waals surface area contributed by atoms with E-state index in [0.717, 1.165) is 18.4 Å². The molecule has 0 aliphatic rings. The fourth-order valence-electron chi connectivity index (χ4n) is 2.75. The summed E-state index contributed by atoms with van der Waals surface area (Å²) in [5.41, 5.74) is 6.32. The molecule has 3 amide bonds. The van der Waals surface area contributed by atoms with Crippen LogP contribution in [0.1, 0.15) is 58.9 Å². The van der Waals surface area contributed by atoms with Gasteiger partial charge in [-0.2, -0.15) is 0 Å². The van der Waals surface area contributed by atoms with Crippen LogP contribution in [-0.4, -0.2) is 30.9 Å². The Labute approximate surface area is 177 Å². The minimum absolute atomic E-state index is 0.252. The second-order valence-electron chi connectivity index (χ2n) is 6.93. The first-order valence-electron chi connectivity index (χ1n) is 10.2. The SMILES string of the molecule is CCCCCCOc1ccc(C(=O)NNC(=O)CNC(=O)c2ccccc2C)cc1. The molecule has 2 rings (SSSR count). The molecule has 0 aliphatic heterocycles. The van der Waals surface area contributed by atoms with E-state index in [9.17, 15) is 14.4 Å². The highest BCUT2D eigenvalue weighted by Crippen LogP contribution is 2.13. The zero-order valence-corrected chi connectivity index (χ0v) is 17.5. The second-order valence-corrected chi connectivity index (χ2v) is 6.93. The molecule has 7 heteroatoms. The molecular formula is C23H29N3O4. The van der Waals surface area contributed by atoms with Crippen molar-refractivity contribution in [1.29, 1.82) is 0 Å². The van der Waals surface area contributed by atoms with Gasteiger partial charge in [0.1, 0.15) is 5.75 Å². The number of amides is 3. The Kier molecular flexibility index (Phi) is 9.37. The van der Waals surface area contributed by atoms with Gasteiger partial charge in [0.05, 0.1) is 13.2 Å². The number of hydrogen-bond donors (Lipinski definition) is 3. The third-order valence-electron chi connectivity index (χ3n) is 4.50. The summed E-state index contributed by atoms with van der Waals surface area (Å²) in [7, 11) is 0. The minimum Gasteiger partial charge on any atom is -0.494 e. The van der Waals surface area contributed by atoms with E-state index in [1.165, 1.54) is 12.8 Å². The number of aryl methyl sites for hydroxylation is 1. The molecule has 160 valence electrons. The predicted molar refractivity (Wildman–Crippen MR) is 115 cm³/mol. The van der Waals surface area contributed by atoms with Crippen molar-refractivity contribution in [3.63, 3.8) is 0 Å². The van der Waals surface area contributed by atoms with Gasteiger partial charge in [-0.15, -0.1) is 0 Å². The first-order valence-corrected chi connectivity index (χ1v) is 10.2. The molecule has 0 bridgehead atoms. The Morgan fingerprint density at radius 3 is 2.30 bits per heavy atom. The molecule has 30 heavy (non-hydrogen) atoms. The molecule has 0 saturated carbocycles. The van der Waals surface area contributed by atoms with E-state index in [1.54, 1.807) is 36.4 Å². The molecule has 7 nitrogen and oxygen atoms in total. The fourth-order valence-corrected chi connectivity index (χ4v) is 2.75. The molecule has 0 spiro atoms. The van der Waals surface area contributed by atoms with E-state index < -0.39 is 11.8 Å². The zero-order chi connectivity index (χ0) is 21.8. The molecule has 0 aliphatic carbocycles. The first kappa shape index (κ1) is 22.9. The van der Waals surface area contributed by atoms with Gasteiger partial charge in [0, 0.05) is 11.1 Å². The Bertz CT molecular complexity index is 850. The maximum absolute atomic E-state index is 12.1. The number of hydrogen-bond acceptors (Lipinski definition) is 4. The van der Waals surface area contributed by atoms with Crippen molar-refractivity contribution in [2.45, 2.75) is 39.5 Å². The number of carbonyl (C=O) groups excluding carboxylic acids is 3. The van der Waals surface area contributed by atoms with Crippen molar-refractivity contribution in [3.05, 3.63) is 65.2 Å². The van der Waals surface area contributed by atoms with Crippen LogP contribution < -0.4 is 20.9 Å². The van der Waals surface area contributed by atoms with E-state index >= 15 is 0 Å². The van der Waals surface area contributed by atoms with Gasteiger partial charge in [-0.3, -0.25) is 25.2 Å². The average molecular weight is 412 g/mol. The standard InChI is InChI=1S/C23H29N3O4/c1-3-4-5-8-15-30-19-13-11-18(12-14-19)22(28)26-25-21(27)16-24-23(29)20-10-7-6-9-17(20)2/h6-7,9-14H,3-5,8,15-16H2,1-2H3,(H,24,29)(H,25,27)(H,26,28). The van der Waals surface area contributed by atoms with Gasteiger partial charge in [-0.25, -0.2) is 0 Å². The molecule has 0 radical (unpaired) electrons. The lowest BCUT2D eigenvalue weighted by molar-refractivity contribution is -0.120. The highest BCUT2D eigenvalue weighted by atomic mass is 16.5. The van der Waals surface area contributed by atoms with E-state index in [-0.39, 0.29) is 12.5 Å². The minimum atomic E-state index is -0.530. The smallest absolute Gasteiger partial charge is 0.269 e. The number of hydrazine groups is 1. The van der Waals surface area contributed by atoms with Crippen LogP contribution in [0.2, 0.25) is 0 Å². The maximum Gasteiger partial charge on any atom is 0.269 e. The summed E-state index contributed by atoms with van der Waals surface area (Å²) in [4.78, 5) is 36.1. The van der Waals surface area contributed by atoms with Crippen LogP contribution in [0.4, 0.5) is 0 Å². The number of ether oxygens (including phenoxy) is 1. The summed E-state index contributed by atoms with van der Waals surface area (Å²) in [5.74, 6) is -0.633. The Morgan fingerprint density at radius 1 is 0.867 bits per heavy atom. The van der Waals surface area contributed by atoms with E-state index in [4.69, 9.17) is 4.74 Å². The number of carbonyl (C=O) groups is 3. The first-order chi connectivity index (χ1) is 14.5. The van der Waals surface area contributed by atoms with Crippen LogP contribution in [0.3, 0.4) is 0 Å². The fraction of sp³-hybridized carbons (Fsp3) is 0.348. The molecule has 3 N–H and O–H groups in total. The van der Waals surface area contributed by atoms with Gasteiger partial charge in [0.25, 0.3) is 17.7 Å². The molecule has 0 fully saturated rings. The molecule has 2 aromatic rings. The van der Waals surface area contributed by atoms with Crippen LogP contribution in [0.5, 0.6) is 5.75 Å². The van der Waals surface area contributed by atoms with Crippen molar-refractivity contribution >= 4 is 17.7 Å². The van der Waals surface area contributed by atoms with Crippen LogP contribution >= 0.6 is 0 Å². The molecule has 2 aromatic carbocycles. The number of rotatable bonds is 10. The van der Waals surface area contributed by atoms with Gasteiger partial charge in [-0.1, -0.05) is 44.4 Å². The lowest BCUT2D eigenvalue weighted by Gasteiger charge is -2.10. The summed E-state index contributed by atoms with van der Waals surface area (Å²) in [6.45, 7) is 4.38. The van der Waals surface area contributed by atoms with Crippen LogP contribution in [0.25, 0.3) is 0 Å². The predicted octanol–water partition coefficient (Wildman–Crippen LogP) is 3.15. The van der Waals surface area contributed by atoms with Gasteiger partial charge < -0.3 is 10.1 Å². The van der Waals surface area contributed by atoms with E-state index in [1.807, 2.05) is 19.1 Å². The van der Waals surface area contributed by atoms with Gasteiger partial charge in [0.2, 0.25) is 0 Å². The molecule has 0 heterocycles. The zero-order valence-electron chi connectivity index (χ0n) is 17.5. The number of benzene rings is 2. The summed E-state index contributed by atoms with van der Waals surface area (Å²) in [6, 6.07) is 13.8. The quantitative estimate of drug-likeness (QED) is 0.413. The number of unbranched alkanes of at least 4 members (excludes halogenated alkanes) is 3. The molecule has 0 aromatic heterocycles. The summed E-state index contributed by atoms with van der Waals surface area (Å²) in [5, 5.41) is 2.52. The van der Waals surface area contributed by atoms with Gasteiger partial charge in [0.15, 0.2) is 0 Å². The van der Waals surface area contributed by atoms with Crippen LogP contribution in [0, 0.1) is 6.92 Å². The van der Waals surface area contributed by atoms with Crippen LogP contribution in [-0.2, 0) is 4.79 Å². The summed E-state index contributed by atoms with van der Waals surface area (Å²) >= 11 is 0. The van der Waals surface area contributed by atoms with Crippen molar-refractivity contribution in [2.24, 2.45) is 0 Å². The summed E-state index contributed by atoms with van der Waals surface area (Å²) < 4.78 is 5.64. The molecule has 0 atom stereocenters. The van der Waals surface area contributed by atoms with Crippen molar-refractivity contribution in [2.75, 3.05) is 13.2 Å². The van der Waals surface area contributed by atoms with Crippen molar-refractivity contribution in [3.8, 4) is 5.75 Å². The highest BCUT2D eigenvalue weighted by Gasteiger charge is 2.11. The average Bonchev–Trinajstić information content (AvgIpc) is 2.76. The topological polar surface area (TPSA) is 96.5 Å². The lowest BCUT2D eigenvalue weighted by atomic mass is 10.1. The normalized spacial score (nSPS) is 10.2.